The molecule has 0 atom stereocenters. The Morgan fingerprint density at radius 3 is 2.47 bits per heavy atom. The molecule has 1 saturated carbocycles. The number of hydrogen-bond acceptors (Lipinski definition) is 5. The van der Waals surface area contributed by atoms with E-state index in [-0.39, 0.29) is 29.2 Å². The summed E-state index contributed by atoms with van der Waals surface area (Å²) in [6.07, 6.45) is -0.837. The molecule has 168 valence electrons. The van der Waals surface area contributed by atoms with Crippen molar-refractivity contribution >= 4 is 17.5 Å². The first kappa shape index (κ1) is 21.8. The highest BCUT2D eigenvalue weighted by Crippen LogP contribution is 2.30. The second-order valence-electron chi connectivity index (χ2n) is 7.41. The van der Waals surface area contributed by atoms with Crippen molar-refractivity contribution in [3.63, 3.8) is 0 Å². The zero-order valence-corrected chi connectivity index (χ0v) is 16.7. The molecule has 1 fully saturated rings. The van der Waals surface area contributed by atoms with Gasteiger partial charge in [0.25, 0.3) is 0 Å². The van der Waals surface area contributed by atoms with Gasteiger partial charge in [0, 0.05) is 23.7 Å². The zero-order valence-electron chi connectivity index (χ0n) is 16.7. The van der Waals surface area contributed by atoms with Crippen molar-refractivity contribution in [1.82, 2.24) is 9.97 Å². The van der Waals surface area contributed by atoms with Gasteiger partial charge >= 0.3 is 6.36 Å². The molecule has 0 radical (unpaired) electrons. The average Bonchev–Trinajstić information content (AvgIpc) is 3.22. The summed E-state index contributed by atoms with van der Waals surface area (Å²) >= 11 is 0. The van der Waals surface area contributed by atoms with Gasteiger partial charge in [0.1, 0.15) is 23.2 Å². The molecule has 0 amide bonds. The fraction of sp³-hybridized carbons (Fsp3) is 0.273. The monoisotopic (exact) mass is 450 g/mol. The van der Waals surface area contributed by atoms with Crippen molar-refractivity contribution in [3.8, 4) is 17.0 Å². The van der Waals surface area contributed by atoms with Gasteiger partial charge < -0.3 is 15.4 Å². The van der Waals surface area contributed by atoms with Crippen molar-refractivity contribution in [2.75, 3.05) is 10.6 Å². The number of anilines is 3. The molecule has 2 aromatic carbocycles. The van der Waals surface area contributed by atoms with Crippen LogP contribution in [0, 0.1) is 11.6 Å². The van der Waals surface area contributed by atoms with Gasteiger partial charge in [0.05, 0.1) is 11.4 Å². The quantitative estimate of drug-likeness (QED) is 0.425. The van der Waals surface area contributed by atoms with Gasteiger partial charge in [-0.1, -0.05) is 25.0 Å². The van der Waals surface area contributed by atoms with Crippen LogP contribution in [0.4, 0.5) is 39.4 Å². The Balaban J connectivity index is 1.70. The molecule has 1 heterocycles. The van der Waals surface area contributed by atoms with Crippen LogP contribution in [0.1, 0.15) is 25.7 Å². The predicted molar refractivity (Wildman–Crippen MR) is 110 cm³/mol. The molecule has 0 unspecified atom stereocenters. The molecule has 4 rings (SSSR count). The third-order valence-corrected chi connectivity index (χ3v) is 4.97. The second-order valence-corrected chi connectivity index (χ2v) is 7.41. The summed E-state index contributed by atoms with van der Waals surface area (Å²) in [7, 11) is 0. The molecule has 1 aliphatic rings. The highest BCUT2D eigenvalue weighted by atomic mass is 19.4. The highest BCUT2D eigenvalue weighted by molar-refractivity contribution is 5.68. The largest absolute Gasteiger partial charge is 0.573 e. The molecule has 0 spiro atoms. The first-order chi connectivity index (χ1) is 15.2. The van der Waals surface area contributed by atoms with Crippen LogP contribution in [0.5, 0.6) is 5.75 Å². The number of ether oxygens (including phenoxy) is 1. The standard InChI is InChI=1S/C22H19F5N4O/c23-14-8-9-17(24)19(11-14)29-20-12-18(30-21(31-20)28-15-5-1-2-6-15)13-4-3-7-16(10-13)32-22(25,26)27/h3-4,7-12,15H,1-2,5-6H2,(H2,28,29,30,31). The molecule has 1 aliphatic carbocycles. The number of alkyl halides is 3. The smallest absolute Gasteiger partial charge is 0.406 e. The number of nitrogens with zero attached hydrogens (tertiary/aromatic N) is 2. The van der Waals surface area contributed by atoms with Crippen molar-refractivity contribution < 1.29 is 26.7 Å². The lowest BCUT2D eigenvalue weighted by Crippen LogP contribution is -2.17. The van der Waals surface area contributed by atoms with Crippen LogP contribution in [0.2, 0.25) is 0 Å². The van der Waals surface area contributed by atoms with Crippen LogP contribution in [-0.4, -0.2) is 22.4 Å². The summed E-state index contributed by atoms with van der Waals surface area (Å²) in [6.45, 7) is 0. The van der Waals surface area contributed by atoms with Crippen LogP contribution in [0.25, 0.3) is 11.3 Å². The molecular weight excluding hydrogens is 431 g/mol. The van der Waals surface area contributed by atoms with Crippen LogP contribution in [-0.2, 0) is 0 Å². The molecule has 1 aromatic heterocycles. The average molecular weight is 450 g/mol. The molecule has 0 aliphatic heterocycles. The van der Waals surface area contributed by atoms with Crippen LogP contribution in [0.15, 0.2) is 48.5 Å². The maximum absolute atomic E-state index is 14.1. The Kier molecular flexibility index (Phi) is 6.11. The van der Waals surface area contributed by atoms with Gasteiger partial charge in [-0.2, -0.15) is 4.98 Å². The number of halogens is 5. The van der Waals surface area contributed by atoms with Crippen molar-refractivity contribution in [2.45, 2.75) is 38.1 Å². The topological polar surface area (TPSA) is 59.1 Å². The maximum atomic E-state index is 14.1. The fourth-order valence-corrected chi connectivity index (χ4v) is 3.56. The lowest BCUT2D eigenvalue weighted by Gasteiger charge is -2.16. The molecule has 0 saturated heterocycles. The highest BCUT2D eigenvalue weighted by Gasteiger charge is 2.31. The summed E-state index contributed by atoms with van der Waals surface area (Å²) < 4.78 is 69.5. The molecule has 5 nitrogen and oxygen atoms in total. The number of benzene rings is 2. The number of nitrogens with one attached hydrogen (secondary N) is 2. The first-order valence-electron chi connectivity index (χ1n) is 9.99. The van der Waals surface area contributed by atoms with Crippen LogP contribution in [0.3, 0.4) is 0 Å². The molecule has 32 heavy (non-hydrogen) atoms. The minimum atomic E-state index is -4.83. The maximum Gasteiger partial charge on any atom is 0.573 e. The molecule has 10 heteroatoms. The van der Waals surface area contributed by atoms with Gasteiger partial charge in [-0.15, -0.1) is 13.2 Å². The van der Waals surface area contributed by atoms with E-state index in [4.69, 9.17) is 0 Å². The number of aromatic nitrogens is 2. The molecule has 3 aromatic rings. The predicted octanol–water partition coefficient (Wildman–Crippen LogP) is 6.42. The number of rotatable bonds is 6. The van der Waals surface area contributed by atoms with Crippen LogP contribution >= 0.6 is 0 Å². The summed E-state index contributed by atoms with van der Waals surface area (Å²) in [4.78, 5) is 8.76. The minimum Gasteiger partial charge on any atom is -0.406 e. The van der Waals surface area contributed by atoms with E-state index in [9.17, 15) is 22.0 Å². The van der Waals surface area contributed by atoms with Crippen molar-refractivity contribution in [3.05, 3.63) is 60.2 Å². The first-order valence-corrected chi connectivity index (χ1v) is 9.99. The van der Waals surface area contributed by atoms with Crippen molar-refractivity contribution in [1.29, 1.82) is 0 Å². The Hall–Kier alpha value is -3.43. The van der Waals surface area contributed by atoms with E-state index in [0.717, 1.165) is 43.9 Å². The Morgan fingerprint density at radius 1 is 0.938 bits per heavy atom. The van der Waals surface area contributed by atoms with Gasteiger partial charge in [-0.3, -0.25) is 0 Å². The van der Waals surface area contributed by atoms with E-state index in [1.165, 1.54) is 24.3 Å². The SMILES string of the molecule is Fc1ccc(F)c(Nc2cc(-c3cccc(OC(F)(F)F)c3)nc(NC3CCCC3)n2)c1. The van der Waals surface area contributed by atoms with E-state index in [0.29, 0.717) is 5.56 Å². The van der Waals surface area contributed by atoms with E-state index >= 15 is 0 Å². The molecular formula is C22H19F5N4O. The van der Waals surface area contributed by atoms with Gasteiger partial charge in [0.2, 0.25) is 5.95 Å². The third kappa shape index (κ3) is 5.63. The Bertz CT molecular complexity index is 1100. The third-order valence-electron chi connectivity index (χ3n) is 4.97. The normalized spacial score (nSPS) is 14.4. The minimum absolute atomic E-state index is 0.129. The fourth-order valence-electron chi connectivity index (χ4n) is 3.56. The van der Waals surface area contributed by atoms with Crippen LogP contribution < -0.4 is 15.4 Å². The van der Waals surface area contributed by atoms with Gasteiger partial charge in [0.15, 0.2) is 0 Å². The molecule has 2 N–H and O–H groups in total. The second kappa shape index (κ2) is 8.97. The van der Waals surface area contributed by atoms with E-state index in [2.05, 4.69) is 25.3 Å². The lowest BCUT2D eigenvalue weighted by molar-refractivity contribution is -0.274. The molecule has 0 bridgehead atoms. The van der Waals surface area contributed by atoms with Gasteiger partial charge in [-0.25, -0.2) is 13.8 Å². The van der Waals surface area contributed by atoms with Gasteiger partial charge in [-0.05, 0) is 37.1 Å². The van der Waals surface area contributed by atoms with E-state index in [1.54, 1.807) is 6.07 Å². The van der Waals surface area contributed by atoms with Crippen molar-refractivity contribution in [2.24, 2.45) is 0 Å². The number of hydrogen-bond donors (Lipinski definition) is 2. The summed E-state index contributed by atoms with van der Waals surface area (Å²) in [5.74, 6) is -1.33. The summed E-state index contributed by atoms with van der Waals surface area (Å²) in [6, 6.07) is 9.90. The van der Waals surface area contributed by atoms with E-state index < -0.39 is 23.7 Å². The summed E-state index contributed by atoms with van der Waals surface area (Å²) in [5.41, 5.74) is 0.495. The Morgan fingerprint density at radius 2 is 1.72 bits per heavy atom. The summed E-state index contributed by atoms with van der Waals surface area (Å²) in [5, 5.41) is 5.94. The van der Waals surface area contributed by atoms with E-state index in [1.807, 2.05) is 0 Å². The zero-order chi connectivity index (χ0) is 22.7. The lowest BCUT2D eigenvalue weighted by atomic mass is 10.1. The Labute approximate surface area is 180 Å².